The first kappa shape index (κ1) is 15.9. The minimum absolute atomic E-state index is 0.261. The standard InChI is InChI=1S/C13H20BrN3O2S/c1-2-15-8-11-3-5-17(6-4-11)20(18,19)13-7-12(14)9-16-10-13/h7,9-11,15H,2-6,8H2,1H3. The predicted octanol–water partition coefficient (Wildman–Crippen LogP) is 1.85. The third kappa shape index (κ3) is 3.78. The summed E-state index contributed by atoms with van der Waals surface area (Å²) in [4.78, 5) is 4.20. The highest BCUT2D eigenvalue weighted by Gasteiger charge is 2.29. The Balaban J connectivity index is 2.02. The van der Waals surface area contributed by atoms with Gasteiger partial charge in [0, 0.05) is 30.0 Å². The number of hydrogen-bond acceptors (Lipinski definition) is 4. The first-order valence-electron chi connectivity index (χ1n) is 6.85. The number of sulfonamides is 1. The molecule has 2 rings (SSSR count). The fourth-order valence-electron chi connectivity index (χ4n) is 2.38. The maximum absolute atomic E-state index is 12.5. The summed E-state index contributed by atoms with van der Waals surface area (Å²) in [5, 5.41) is 3.33. The van der Waals surface area contributed by atoms with Crippen molar-refractivity contribution in [3.63, 3.8) is 0 Å². The molecule has 0 aromatic carbocycles. The maximum atomic E-state index is 12.5. The summed E-state index contributed by atoms with van der Waals surface area (Å²) in [5.74, 6) is 0.571. The lowest BCUT2D eigenvalue weighted by Gasteiger charge is -2.31. The molecule has 0 radical (unpaired) electrons. The van der Waals surface area contributed by atoms with Crippen molar-refractivity contribution < 1.29 is 8.42 Å². The molecule has 0 atom stereocenters. The van der Waals surface area contributed by atoms with Crippen molar-refractivity contribution in [2.24, 2.45) is 5.92 Å². The van der Waals surface area contributed by atoms with E-state index in [9.17, 15) is 8.42 Å². The van der Waals surface area contributed by atoms with Gasteiger partial charge in [-0.05, 0) is 53.8 Å². The molecule has 1 N–H and O–H groups in total. The molecule has 0 aliphatic carbocycles. The van der Waals surface area contributed by atoms with Gasteiger partial charge in [0.25, 0.3) is 0 Å². The zero-order valence-electron chi connectivity index (χ0n) is 11.5. The van der Waals surface area contributed by atoms with E-state index in [2.05, 4.69) is 33.2 Å². The van der Waals surface area contributed by atoms with Crippen LogP contribution in [0, 0.1) is 5.92 Å². The Bertz CT molecular complexity index is 542. The van der Waals surface area contributed by atoms with Crippen LogP contribution in [0.1, 0.15) is 19.8 Å². The van der Waals surface area contributed by atoms with E-state index < -0.39 is 10.0 Å². The van der Waals surface area contributed by atoms with Gasteiger partial charge in [0.1, 0.15) is 4.90 Å². The summed E-state index contributed by atoms with van der Waals surface area (Å²) in [6.45, 7) is 5.20. The Morgan fingerprint density at radius 3 is 2.70 bits per heavy atom. The number of pyridine rings is 1. The van der Waals surface area contributed by atoms with Crippen molar-refractivity contribution in [2.75, 3.05) is 26.2 Å². The number of nitrogens with one attached hydrogen (secondary N) is 1. The van der Waals surface area contributed by atoms with E-state index in [4.69, 9.17) is 0 Å². The highest BCUT2D eigenvalue weighted by atomic mass is 79.9. The largest absolute Gasteiger partial charge is 0.317 e. The quantitative estimate of drug-likeness (QED) is 0.869. The van der Waals surface area contributed by atoms with Crippen LogP contribution in [0.4, 0.5) is 0 Å². The molecule has 112 valence electrons. The number of nitrogens with zero attached hydrogens (tertiary/aromatic N) is 2. The van der Waals surface area contributed by atoms with E-state index in [-0.39, 0.29) is 4.90 Å². The lowest BCUT2D eigenvalue weighted by Crippen LogP contribution is -2.40. The van der Waals surface area contributed by atoms with Crippen LogP contribution in [0.5, 0.6) is 0 Å². The molecule has 1 fully saturated rings. The Morgan fingerprint density at radius 1 is 1.40 bits per heavy atom. The van der Waals surface area contributed by atoms with Crippen molar-refractivity contribution >= 4 is 26.0 Å². The van der Waals surface area contributed by atoms with Gasteiger partial charge in [0.15, 0.2) is 0 Å². The zero-order valence-corrected chi connectivity index (χ0v) is 14.0. The first-order chi connectivity index (χ1) is 9.54. The second-order valence-corrected chi connectivity index (χ2v) is 7.85. The van der Waals surface area contributed by atoms with Crippen LogP contribution < -0.4 is 5.32 Å². The van der Waals surface area contributed by atoms with Crippen LogP contribution >= 0.6 is 15.9 Å². The molecule has 0 saturated carbocycles. The van der Waals surface area contributed by atoms with Crippen LogP contribution in [0.15, 0.2) is 27.8 Å². The average molecular weight is 362 g/mol. The molecule has 1 aliphatic rings. The van der Waals surface area contributed by atoms with Crippen LogP contribution in [0.3, 0.4) is 0 Å². The molecule has 2 heterocycles. The molecule has 1 aliphatic heterocycles. The average Bonchev–Trinajstić information content (AvgIpc) is 2.45. The normalized spacial score (nSPS) is 18.3. The van der Waals surface area contributed by atoms with Gasteiger partial charge in [-0.3, -0.25) is 4.98 Å². The third-order valence-electron chi connectivity index (χ3n) is 3.57. The maximum Gasteiger partial charge on any atom is 0.244 e. The van der Waals surface area contributed by atoms with Gasteiger partial charge in [-0.15, -0.1) is 0 Å². The number of piperidine rings is 1. The Hall–Kier alpha value is -0.500. The number of rotatable bonds is 5. The fraction of sp³-hybridized carbons (Fsp3) is 0.615. The van der Waals surface area contributed by atoms with E-state index >= 15 is 0 Å². The highest BCUT2D eigenvalue weighted by Crippen LogP contribution is 2.24. The van der Waals surface area contributed by atoms with Gasteiger partial charge >= 0.3 is 0 Å². The van der Waals surface area contributed by atoms with Gasteiger partial charge in [0.2, 0.25) is 10.0 Å². The monoisotopic (exact) mass is 361 g/mol. The first-order valence-corrected chi connectivity index (χ1v) is 9.08. The van der Waals surface area contributed by atoms with Gasteiger partial charge in [-0.2, -0.15) is 4.31 Å². The fourth-order valence-corrected chi connectivity index (χ4v) is 4.36. The van der Waals surface area contributed by atoms with Crippen molar-refractivity contribution in [1.82, 2.24) is 14.6 Å². The lowest BCUT2D eigenvalue weighted by molar-refractivity contribution is 0.268. The molecular weight excluding hydrogens is 342 g/mol. The van der Waals surface area contributed by atoms with Crippen LogP contribution in [-0.2, 0) is 10.0 Å². The molecule has 1 aromatic heterocycles. The van der Waals surface area contributed by atoms with Gasteiger partial charge in [0.05, 0.1) is 0 Å². The Labute approximate surface area is 129 Å². The third-order valence-corrected chi connectivity index (χ3v) is 5.87. The summed E-state index contributed by atoms with van der Waals surface area (Å²) in [5.41, 5.74) is 0. The van der Waals surface area contributed by atoms with Crippen LogP contribution in [-0.4, -0.2) is 43.9 Å². The Kier molecular flexibility index (Phi) is 5.54. The van der Waals surface area contributed by atoms with E-state index in [1.54, 1.807) is 16.6 Å². The summed E-state index contributed by atoms with van der Waals surface area (Å²) in [7, 11) is -3.41. The molecule has 20 heavy (non-hydrogen) atoms. The number of hydrogen-bond donors (Lipinski definition) is 1. The predicted molar refractivity (Wildman–Crippen MR) is 82.0 cm³/mol. The molecule has 7 heteroatoms. The summed E-state index contributed by atoms with van der Waals surface area (Å²) < 4.78 is 27.3. The van der Waals surface area contributed by atoms with Gasteiger partial charge < -0.3 is 5.32 Å². The summed E-state index contributed by atoms with van der Waals surface area (Å²) in [6.07, 6.45) is 4.81. The second-order valence-electron chi connectivity index (χ2n) is 4.99. The summed E-state index contributed by atoms with van der Waals surface area (Å²) >= 11 is 3.26. The van der Waals surface area contributed by atoms with Crippen molar-refractivity contribution in [2.45, 2.75) is 24.7 Å². The minimum Gasteiger partial charge on any atom is -0.317 e. The van der Waals surface area contributed by atoms with E-state index in [0.29, 0.717) is 23.5 Å². The topological polar surface area (TPSA) is 62.3 Å². The summed E-state index contributed by atoms with van der Waals surface area (Å²) in [6, 6.07) is 1.60. The molecular formula is C13H20BrN3O2S. The van der Waals surface area contributed by atoms with Crippen molar-refractivity contribution in [1.29, 1.82) is 0 Å². The SMILES string of the molecule is CCNCC1CCN(S(=O)(=O)c2cncc(Br)c2)CC1. The minimum atomic E-state index is -3.41. The number of halogens is 1. The molecule has 0 unspecified atom stereocenters. The molecule has 0 bridgehead atoms. The zero-order chi connectivity index (χ0) is 14.6. The highest BCUT2D eigenvalue weighted by molar-refractivity contribution is 9.10. The molecule has 0 amide bonds. The molecule has 0 spiro atoms. The molecule has 5 nitrogen and oxygen atoms in total. The Morgan fingerprint density at radius 2 is 2.10 bits per heavy atom. The van der Waals surface area contributed by atoms with Crippen molar-refractivity contribution in [3.8, 4) is 0 Å². The van der Waals surface area contributed by atoms with E-state index in [0.717, 1.165) is 25.9 Å². The molecule has 1 aromatic rings. The second kappa shape index (κ2) is 6.98. The molecule has 1 saturated heterocycles. The van der Waals surface area contributed by atoms with Crippen LogP contribution in [0.25, 0.3) is 0 Å². The van der Waals surface area contributed by atoms with Gasteiger partial charge in [-0.1, -0.05) is 6.92 Å². The van der Waals surface area contributed by atoms with E-state index in [1.165, 1.54) is 6.20 Å². The number of aromatic nitrogens is 1. The van der Waals surface area contributed by atoms with Crippen molar-refractivity contribution in [3.05, 3.63) is 22.9 Å². The van der Waals surface area contributed by atoms with E-state index in [1.807, 2.05) is 0 Å². The van der Waals surface area contributed by atoms with Crippen LogP contribution in [0.2, 0.25) is 0 Å². The lowest BCUT2D eigenvalue weighted by atomic mass is 9.98. The smallest absolute Gasteiger partial charge is 0.244 e. The van der Waals surface area contributed by atoms with Gasteiger partial charge in [-0.25, -0.2) is 8.42 Å².